The number of carbonyl (C=O) groups excluding carboxylic acids is 1. The zero-order chi connectivity index (χ0) is 26.3. The van der Waals surface area contributed by atoms with E-state index in [1.54, 1.807) is 0 Å². The highest BCUT2D eigenvalue weighted by Gasteiger charge is 2.38. The molecule has 0 aliphatic rings. The average molecular weight is 513 g/mol. The summed E-state index contributed by atoms with van der Waals surface area (Å²) in [5.41, 5.74) is 0. The summed E-state index contributed by atoms with van der Waals surface area (Å²) >= 11 is -2.34. The summed E-state index contributed by atoms with van der Waals surface area (Å²) in [6.45, 7) is 14.0. The lowest BCUT2D eigenvalue weighted by Crippen LogP contribution is -2.32. The van der Waals surface area contributed by atoms with Gasteiger partial charge in [0.15, 0.2) is 0 Å². The normalized spacial score (nSPS) is 12.9. The third kappa shape index (κ3) is 23.6. The maximum atomic E-state index is 12.4. The quantitative estimate of drug-likeness (QED) is 0.0425. The summed E-state index contributed by atoms with van der Waals surface area (Å²) in [6, 6.07) is 0. The molecule has 0 aromatic heterocycles. The monoisotopic (exact) mass is 512 g/mol. The first-order valence-electron chi connectivity index (χ1n) is 14.7. The van der Waals surface area contributed by atoms with Crippen molar-refractivity contribution < 1.29 is 20.9 Å². The summed E-state index contributed by atoms with van der Waals surface area (Å²) in [7, 11) is 0. The lowest BCUT2D eigenvalue weighted by atomic mass is 10.0. The van der Waals surface area contributed by atoms with Crippen molar-refractivity contribution in [3.05, 3.63) is 11.8 Å². The second kappa shape index (κ2) is 23.8. The third-order valence-electron chi connectivity index (χ3n) is 5.92. The molecular formula is C29H57AlO5. The van der Waals surface area contributed by atoms with Gasteiger partial charge in [0.2, 0.25) is 0 Å². The van der Waals surface area contributed by atoms with Crippen LogP contribution in [-0.2, 0) is 20.9 Å². The Balaban J connectivity index is 3.93. The van der Waals surface area contributed by atoms with Gasteiger partial charge < -0.3 is 16.1 Å². The summed E-state index contributed by atoms with van der Waals surface area (Å²) in [5.74, 6) is 0.221. The number of carbonyl (C=O) groups is 1. The topological polar surface area (TPSA) is 54.0 Å². The lowest BCUT2D eigenvalue weighted by Gasteiger charge is -2.20. The molecular weight excluding hydrogens is 455 g/mol. The van der Waals surface area contributed by atoms with Crippen molar-refractivity contribution in [3.63, 3.8) is 0 Å². The average Bonchev–Trinajstić information content (AvgIpc) is 2.77. The van der Waals surface area contributed by atoms with Crippen LogP contribution >= 0.6 is 0 Å². The van der Waals surface area contributed by atoms with Crippen LogP contribution in [0.1, 0.15) is 151 Å². The second-order valence-electron chi connectivity index (χ2n) is 10.4. The minimum absolute atomic E-state index is 0.0144. The Labute approximate surface area is 223 Å². The molecule has 0 saturated heterocycles. The molecule has 0 amide bonds. The van der Waals surface area contributed by atoms with Crippen LogP contribution in [0.5, 0.6) is 0 Å². The van der Waals surface area contributed by atoms with E-state index in [9.17, 15) is 4.79 Å². The van der Waals surface area contributed by atoms with Gasteiger partial charge in [0.25, 0.3) is 0 Å². The van der Waals surface area contributed by atoms with Crippen molar-refractivity contribution >= 4 is 21.1 Å². The number of ether oxygens (including phenoxy) is 1. The van der Waals surface area contributed by atoms with Crippen LogP contribution in [-0.4, -0.2) is 39.4 Å². The predicted molar refractivity (Wildman–Crippen MR) is 148 cm³/mol. The molecule has 1 atom stereocenters. The van der Waals surface area contributed by atoms with Crippen LogP contribution in [0.15, 0.2) is 11.8 Å². The van der Waals surface area contributed by atoms with E-state index < -0.39 is 15.1 Å². The summed E-state index contributed by atoms with van der Waals surface area (Å²) < 4.78 is 23.1. The smallest absolute Gasteiger partial charge is 0.602 e. The van der Waals surface area contributed by atoms with Crippen molar-refractivity contribution in [1.29, 1.82) is 0 Å². The Hall–Kier alpha value is -0.538. The lowest BCUT2D eigenvalue weighted by molar-refractivity contribution is -0.142. The first-order chi connectivity index (χ1) is 16.8. The van der Waals surface area contributed by atoms with Crippen molar-refractivity contribution in [2.45, 2.75) is 170 Å². The van der Waals surface area contributed by atoms with Gasteiger partial charge in [-0.2, -0.15) is 0 Å². The van der Waals surface area contributed by atoms with Gasteiger partial charge in [-0.15, -0.1) is 0 Å². The van der Waals surface area contributed by atoms with E-state index in [0.717, 1.165) is 12.8 Å². The van der Waals surface area contributed by atoms with E-state index in [-0.39, 0.29) is 24.3 Å². The Morgan fingerprint density at radius 1 is 0.686 bits per heavy atom. The Morgan fingerprint density at radius 3 is 1.51 bits per heavy atom. The van der Waals surface area contributed by atoms with Crippen LogP contribution in [0.3, 0.4) is 0 Å². The second-order valence-corrected chi connectivity index (χ2v) is 11.7. The van der Waals surface area contributed by atoms with E-state index >= 15 is 0 Å². The van der Waals surface area contributed by atoms with Crippen LogP contribution < -0.4 is 0 Å². The Bertz CT molecular complexity index is 511. The van der Waals surface area contributed by atoms with Gasteiger partial charge in [0.1, 0.15) is 0 Å². The molecule has 5 nitrogen and oxygen atoms in total. The molecule has 6 heteroatoms. The number of esters is 1. The van der Waals surface area contributed by atoms with Gasteiger partial charge in [0.05, 0.1) is 17.9 Å². The van der Waals surface area contributed by atoms with Crippen molar-refractivity contribution in [2.24, 2.45) is 0 Å². The van der Waals surface area contributed by atoms with Crippen molar-refractivity contribution in [3.8, 4) is 0 Å². The molecule has 0 bridgehead atoms. The SMILES string of the molecule is CCCCCCCCCCCCCCCCC(C)OC(=O)/C=C(/CC)[O][Al]([O]C(C)C)[O]C(C)C. The Morgan fingerprint density at radius 2 is 1.11 bits per heavy atom. The number of rotatable bonds is 24. The summed E-state index contributed by atoms with van der Waals surface area (Å²) in [6.07, 6.45) is 21.8. The standard InChI is InChI=1S/C23H44O3.2C3H7O.Al/c1-4-6-7-8-9-10-11-12-13-14-15-16-17-18-19-21(3)26-23(25)20-22(24)5-2;2*1-3(2)4;/h20-21,24H,4-19H2,1-3H3;2*3H,1-2H3;/q;2*-1;+3/p-1/b22-20-;;;. The minimum atomic E-state index is -2.34. The number of hydrogen-bond donors (Lipinski definition) is 0. The summed E-state index contributed by atoms with van der Waals surface area (Å²) in [5, 5.41) is 0. The zero-order valence-electron chi connectivity index (χ0n) is 24.2. The maximum absolute atomic E-state index is 12.4. The number of allylic oxidation sites excluding steroid dienone is 1. The molecule has 35 heavy (non-hydrogen) atoms. The largest absolute Gasteiger partial charge is 1.00 e. The molecule has 0 rings (SSSR count). The molecule has 0 fully saturated rings. The van der Waals surface area contributed by atoms with E-state index in [1.165, 1.54) is 89.5 Å². The van der Waals surface area contributed by atoms with Gasteiger partial charge in [-0.1, -0.05) is 97.3 Å². The van der Waals surface area contributed by atoms with Crippen LogP contribution in [0, 0.1) is 0 Å². The van der Waals surface area contributed by atoms with Gasteiger partial charge in [-0.25, -0.2) is 4.79 Å². The van der Waals surface area contributed by atoms with Crippen LogP contribution in [0.4, 0.5) is 0 Å². The van der Waals surface area contributed by atoms with E-state index in [2.05, 4.69) is 6.92 Å². The molecule has 0 aliphatic heterocycles. The van der Waals surface area contributed by atoms with Gasteiger partial charge in [-0.3, -0.25) is 0 Å². The van der Waals surface area contributed by atoms with Crippen LogP contribution in [0.25, 0.3) is 0 Å². The molecule has 1 unspecified atom stereocenters. The first kappa shape index (κ1) is 34.5. The molecule has 0 spiro atoms. The molecule has 0 heterocycles. The highest BCUT2D eigenvalue weighted by Crippen LogP contribution is 2.15. The van der Waals surface area contributed by atoms with E-state index in [1.807, 2.05) is 41.5 Å². The molecule has 0 N–H and O–H groups in total. The van der Waals surface area contributed by atoms with Crippen molar-refractivity contribution in [2.75, 3.05) is 0 Å². The van der Waals surface area contributed by atoms with Crippen LogP contribution in [0.2, 0.25) is 0 Å². The Kier molecular flexibility index (Phi) is 23.5. The van der Waals surface area contributed by atoms with Gasteiger partial charge in [0, 0.05) is 12.2 Å². The van der Waals surface area contributed by atoms with E-state index in [0.29, 0.717) is 12.2 Å². The number of hydrogen-bond acceptors (Lipinski definition) is 5. The summed E-state index contributed by atoms with van der Waals surface area (Å²) in [4.78, 5) is 12.4. The zero-order valence-corrected chi connectivity index (χ0v) is 25.4. The highest BCUT2D eigenvalue weighted by atomic mass is 27.3. The fraction of sp³-hybridized carbons (Fsp3) is 0.897. The van der Waals surface area contributed by atoms with Crippen molar-refractivity contribution in [1.82, 2.24) is 0 Å². The highest BCUT2D eigenvalue weighted by molar-refractivity contribution is 6.37. The fourth-order valence-corrected chi connectivity index (χ4v) is 5.47. The molecule has 0 aromatic carbocycles. The van der Waals surface area contributed by atoms with Gasteiger partial charge >= 0.3 is 21.1 Å². The third-order valence-corrected chi connectivity index (χ3v) is 7.95. The molecule has 206 valence electrons. The molecule has 0 aliphatic carbocycles. The maximum Gasteiger partial charge on any atom is 1.00 e. The minimum Gasteiger partial charge on any atom is -0.602 e. The number of unbranched alkanes of at least 4 members (excludes halogenated alkanes) is 13. The molecule has 0 radical (unpaired) electrons. The fourth-order valence-electron chi connectivity index (χ4n) is 3.92. The first-order valence-corrected chi connectivity index (χ1v) is 16.1. The predicted octanol–water partition coefficient (Wildman–Crippen LogP) is 8.93. The van der Waals surface area contributed by atoms with Gasteiger partial charge in [-0.05, 0) is 53.9 Å². The molecule has 0 saturated carbocycles. The van der Waals surface area contributed by atoms with E-state index in [4.69, 9.17) is 16.1 Å². The molecule has 0 aromatic rings.